The molecule has 0 N–H and O–H groups in total. The number of unbranched alkanes of at least 4 members (excludes halogenated alkanes) is 12. The van der Waals surface area contributed by atoms with Crippen LogP contribution in [0, 0.1) is 37.5 Å². The minimum atomic E-state index is 0.982. The first kappa shape index (κ1) is 35.7. The Bertz CT molecular complexity index is 722. The Morgan fingerprint density at radius 3 is 1.02 bits per heavy atom. The van der Waals surface area contributed by atoms with Crippen LogP contribution in [0.5, 0.6) is 0 Å². The van der Waals surface area contributed by atoms with Crippen LogP contribution < -0.4 is 0 Å². The van der Waals surface area contributed by atoms with Crippen LogP contribution in [0.3, 0.4) is 0 Å². The van der Waals surface area contributed by atoms with Gasteiger partial charge in [0.1, 0.15) is 0 Å². The quantitative estimate of drug-likeness (QED) is 0.120. The van der Waals surface area contributed by atoms with E-state index in [0.717, 1.165) is 23.7 Å². The van der Waals surface area contributed by atoms with Gasteiger partial charge in [0.15, 0.2) is 0 Å². The summed E-state index contributed by atoms with van der Waals surface area (Å²) < 4.78 is 0. The predicted molar refractivity (Wildman–Crippen MR) is 189 cm³/mol. The second-order valence-corrected chi connectivity index (χ2v) is 15.3. The van der Waals surface area contributed by atoms with Crippen molar-refractivity contribution in [2.45, 2.75) is 207 Å². The number of rotatable bonds is 22. The van der Waals surface area contributed by atoms with Crippen LogP contribution in [-0.2, 0) is 12.8 Å². The van der Waals surface area contributed by atoms with Crippen molar-refractivity contribution in [1.82, 2.24) is 0 Å². The molecule has 242 valence electrons. The Morgan fingerprint density at radius 2 is 0.690 bits per heavy atom. The van der Waals surface area contributed by atoms with Crippen LogP contribution in [0.2, 0.25) is 0 Å². The molecule has 0 atom stereocenters. The number of hydrogen-bond acceptors (Lipinski definition) is 0. The summed E-state index contributed by atoms with van der Waals surface area (Å²) in [5.41, 5.74) is 6.51. The molecule has 1 aromatic rings. The van der Waals surface area contributed by atoms with Crippen LogP contribution in [0.15, 0.2) is 12.1 Å². The molecule has 42 heavy (non-hydrogen) atoms. The number of benzene rings is 1. The molecule has 2 aliphatic rings. The van der Waals surface area contributed by atoms with E-state index in [2.05, 4.69) is 39.8 Å². The summed E-state index contributed by atoms with van der Waals surface area (Å²) in [7, 11) is 0. The van der Waals surface area contributed by atoms with Crippen molar-refractivity contribution in [3.63, 3.8) is 0 Å². The van der Waals surface area contributed by atoms with E-state index in [0.29, 0.717) is 0 Å². The summed E-state index contributed by atoms with van der Waals surface area (Å²) in [6.07, 6.45) is 40.9. The zero-order chi connectivity index (χ0) is 29.8. The molecule has 0 aliphatic heterocycles. The van der Waals surface area contributed by atoms with Gasteiger partial charge in [-0.25, -0.2) is 0 Å². The second-order valence-electron chi connectivity index (χ2n) is 15.3. The van der Waals surface area contributed by atoms with E-state index in [4.69, 9.17) is 0 Å². The van der Waals surface area contributed by atoms with Gasteiger partial charge >= 0.3 is 0 Å². The smallest absolute Gasteiger partial charge is 0.0274 e. The lowest BCUT2D eigenvalue weighted by molar-refractivity contribution is 0.248. The van der Waals surface area contributed by atoms with Gasteiger partial charge in [0.05, 0.1) is 0 Å². The highest BCUT2D eigenvalue weighted by Gasteiger charge is 2.22. The Labute approximate surface area is 265 Å². The molecule has 3 rings (SSSR count). The number of aryl methyl sites for hydroxylation is 2. The third kappa shape index (κ3) is 13.9. The van der Waals surface area contributed by atoms with Gasteiger partial charge in [0.2, 0.25) is 0 Å². The largest absolute Gasteiger partial charge is 0.0654 e. The summed E-state index contributed by atoms with van der Waals surface area (Å²) in [6, 6.07) is 5.03. The van der Waals surface area contributed by atoms with E-state index in [1.165, 1.54) is 180 Å². The van der Waals surface area contributed by atoms with E-state index in [1.54, 1.807) is 22.3 Å². The molecule has 2 saturated carbocycles. The van der Waals surface area contributed by atoms with Gasteiger partial charge in [-0.3, -0.25) is 0 Å². The predicted octanol–water partition coefficient (Wildman–Crippen LogP) is 14.1. The first-order valence-electron chi connectivity index (χ1n) is 19.7. The molecule has 0 bridgehead atoms. The molecule has 0 radical (unpaired) electrons. The maximum atomic E-state index is 2.52. The molecule has 0 unspecified atom stereocenters. The van der Waals surface area contributed by atoms with Crippen molar-refractivity contribution in [1.29, 1.82) is 0 Å². The van der Waals surface area contributed by atoms with Gasteiger partial charge in [-0.05, 0) is 85.5 Å². The van der Waals surface area contributed by atoms with Crippen molar-refractivity contribution in [3.05, 3.63) is 34.4 Å². The molecular formula is C42H74. The fourth-order valence-electron chi connectivity index (χ4n) is 8.59. The topological polar surface area (TPSA) is 0 Å². The molecule has 0 nitrogen and oxygen atoms in total. The van der Waals surface area contributed by atoms with E-state index in [-0.39, 0.29) is 0 Å². The summed E-state index contributed by atoms with van der Waals surface area (Å²) in [5, 5.41) is 0. The highest BCUT2D eigenvalue weighted by atomic mass is 14.3. The Kier molecular flexibility index (Phi) is 18.6. The van der Waals surface area contributed by atoms with E-state index in [9.17, 15) is 0 Å². The lowest BCUT2D eigenvalue weighted by Gasteiger charge is -2.29. The van der Waals surface area contributed by atoms with Gasteiger partial charge in [0.25, 0.3) is 0 Å². The third-order valence-corrected chi connectivity index (χ3v) is 12.0. The summed E-state index contributed by atoms with van der Waals surface area (Å²) in [6.45, 7) is 9.47. The molecular weight excluding hydrogens is 504 g/mol. The highest BCUT2D eigenvalue weighted by molar-refractivity contribution is 5.39. The molecule has 0 heterocycles. The molecule has 0 heteroatoms. The first-order valence-corrected chi connectivity index (χ1v) is 19.7. The number of hydrogen-bond donors (Lipinski definition) is 0. The average Bonchev–Trinajstić information content (AvgIpc) is 3.01. The van der Waals surface area contributed by atoms with Crippen LogP contribution in [0.25, 0.3) is 0 Å². The SMILES string of the molecule is CCCCCCCCC[C@H]1CC[C@H](CCc2ccc(CC[C@H]3CC[C@H](CCCCCCCCC)CC3)c(C)c2C)CC1. The Balaban J connectivity index is 1.26. The molecule has 0 saturated heterocycles. The van der Waals surface area contributed by atoms with Gasteiger partial charge in [-0.1, -0.05) is 180 Å². The zero-order valence-corrected chi connectivity index (χ0v) is 29.3. The second kappa shape index (κ2) is 21.8. The molecule has 1 aromatic carbocycles. The van der Waals surface area contributed by atoms with Crippen molar-refractivity contribution in [3.8, 4) is 0 Å². The zero-order valence-electron chi connectivity index (χ0n) is 29.3. The van der Waals surface area contributed by atoms with Gasteiger partial charge in [-0.15, -0.1) is 0 Å². The summed E-state index contributed by atoms with van der Waals surface area (Å²) in [5.74, 6) is 4.05. The van der Waals surface area contributed by atoms with Crippen molar-refractivity contribution < 1.29 is 0 Å². The van der Waals surface area contributed by atoms with Gasteiger partial charge in [0, 0.05) is 0 Å². The van der Waals surface area contributed by atoms with Crippen molar-refractivity contribution >= 4 is 0 Å². The van der Waals surface area contributed by atoms with E-state index in [1.807, 2.05) is 0 Å². The summed E-state index contributed by atoms with van der Waals surface area (Å²) in [4.78, 5) is 0. The fourth-order valence-corrected chi connectivity index (χ4v) is 8.59. The molecule has 0 amide bonds. The van der Waals surface area contributed by atoms with Crippen molar-refractivity contribution in [2.24, 2.45) is 23.7 Å². The van der Waals surface area contributed by atoms with Crippen LogP contribution >= 0.6 is 0 Å². The third-order valence-electron chi connectivity index (χ3n) is 12.0. The monoisotopic (exact) mass is 579 g/mol. The first-order chi connectivity index (χ1) is 20.6. The standard InChI is InChI=1S/C42H74/c1-5-7-9-11-13-15-17-19-37-21-25-39(26-22-37)29-31-41-33-34-42(36(4)35(41)3)32-30-40-27-23-38(24-28-40)20-18-16-14-12-10-8-6-2/h33-34,37-40H,5-32H2,1-4H3/t37-,38-,39-,40-. The minimum absolute atomic E-state index is 0.982. The average molecular weight is 579 g/mol. The maximum Gasteiger partial charge on any atom is -0.0274 e. The minimum Gasteiger partial charge on any atom is -0.0654 e. The lowest BCUT2D eigenvalue weighted by atomic mass is 9.77. The van der Waals surface area contributed by atoms with Crippen LogP contribution in [0.4, 0.5) is 0 Å². The lowest BCUT2D eigenvalue weighted by Crippen LogP contribution is -2.16. The van der Waals surface area contributed by atoms with E-state index < -0.39 is 0 Å². The van der Waals surface area contributed by atoms with Crippen LogP contribution in [-0.4, -0.2) is 0 Å². The van der Waals surface area contributed by atoms with Gasteiger partial charge < -0.3 is 0 Å². The highest BCUT2D eigenvalue weighted by Crippen LogP contribution is 2.36. The maximum absolute atomic E-state index is 2.52. The Morgan fingerprint density at radius 1 is 0.405 bits per heavy atom. The Hall–Kier alpha value is -0.780. The normalized spacial score (nSPS) is 23.0. The van der Waals surface area contributed by atoms with Crippen LogP contribution in [0.1, 0.15) is 203 Å². The van der Waals surface area contributed by atoms with Gasteiger partial charge in [-0.2, -0.15) is 0 Å². The fraction of sp³-hybridized carbons (Fsp3) is 0.857. The summed E-state index contributed by atoms with van der Waals surface area (Å²) >= 11 is 0. The molecule has 0 spiro atoms. The molecule has 2 fully saturated rings. The van der Waals surface area contributed by atoms with E-state index >= 15 is 0 Å². The van der Waals surface area contributed by atoms with Crippen molar-refractivity contribution in [2.75, 3.05) is 0 Å². The molecule has 2 aliphatic carbocycles. The molecule has 0 aromatic heterocycles.